The summed E-state index contributed by atoms with van der Waals surface area (Å²) in [6.45, 7) is 7.72. The first kappa shape index (κ1) is 14.9. The summed E-state index contributed by atoms with van der Waals surface area (Å²) in [6, 6.07) is 0. The van der Waals surface area contributed by atoms with E-state index in [2.05, 4.69) is 13.8 Å². The van der Waals surface area contributed by atoms with Gasteiger partial charge in [-0.2, -0.15) is 0 Å². The maximum Gasteiger partial charge on any atom is 0.0465 e. The van der Waals surface area contributed by atoms with E-state index in [9.17, 15) is 0 Å². The van der Waals surface area contributed by atoms with E-state index in [1.54, 1.807) is 0 Å². The molecule has 0 aliphatic heterocycles. The van der Waals surface area contributed by atoms with E-state index in [0.717, 1.165) is 26.4 Å². The zero-order chi connectivity index (χ0) is 11.2. The highest BCUT2D eigenvalue weighted by molar-refractivity contribution is 4.46. The number of ether oxygens (including phenoxy) is 2. The minimum atomic E-state index is 0.859. The summed E-state index contributed by atoms with van der Waals surface area (Å²) in [5.74, 6) is 0. The molecule has 2 nitrogen and oxygen atoms in total. The Hall–Kier alpha value is -0.0800. The highest BCUT2D eigenvalue weighted by Crippen LogP contribution is 2.07. The Balaban J connectivity index is 2.81. The van der Waals surface area contributed by atoms with Gasteiger partial charge >= 0.3 is 0 Å². The molecule has 92 valence electrons. The molecule has 15 heavy (non-hydrogen) atoms. The number of unbranched alkanes of at least 4 members (excludes halogenated alkanes) is 6. The normalized spacial score (nSPS) is 10.8. The molecule has 0 heterocycles. The summed E-state index contributed by atoms with van der Waals surface area (Å²) >= 11 is 0. The van der Waals surface area contributed by atoms with Crippen molar-refractivity contribution in [1.29, 1.82) is 0 Å². The third-order valence-corrected chi connectivity index (χ3v) is 2.49. The molecule has 0 amide bonds. The second kappa shape index (κ2) is 13.9. The SMILES string of the molecule is CCOCCCCCCCCCOCC. The van der Waals surface area contributed by atoms with Crippen molar-refractivity contribution in [3.8, 4) is 0 Å². The maximum atomic E-state index is 5.29. The van der Waals surface area contributed by atoms with Gasteiger partial charge in [-0.3, -0.25) is 0 Å². The zero-order valence-electron chi connectivity index (χ0n) is 10.6. The first-order valence-corrected chi connectivity index (χ1v) is 6.57. The summed E-state index contributed by atoms with van der Waals surface area (Å²) < 4.78 is 10.6. The fraction of sp³-hybridized carbons (Fsp3) is 1.00. The molecule has 0 aromatic heterocycles. The highest BCUT2D eigenvalue weighted by atomic mass is 16.5. The molecule has 0 bridgehead atoms. The van der Waals surface area contributed by atoms with Crippen LogP contribution >= 0.6 is 0 Å². The van der Waals surface area contributed by atoms with Crippen molar-refractivity contribution in [3.63, 3.8) is 0 Å². The van der Waals surface area contributed by atoms with Crippen LogP contribution in [0, 0.1) is 0 Å². The maximum absolute atomic E-state index is 5.29. The van der Waals surface area contributed by atoms with Crippen molar-refractivity contribution < 1.29 is 9.47 Å². The molecule has 0 aliphatic rings. The fourth-order valence-corrected chi connectivity index (χ4v) is 1.58. The standard InChI is InChI=1S/C13H28O2/c1-3-14-12-10-8-6-5-7-9-11-13-15-4-2/h3-13H2,1-2H3. The van der Waals surface area contributed by atoms with Crippen molar-refractivity contribution in [1.82, 2.24) is 0 Å². The molecule has 0 fully saturated rings. The lowest BCUT2D eigenvalue weighted by molar-refractivity contribution is 0.141. The minimum Gasteiger partial charge on any atom is -0.382 e. The van der Waals surface area contributed by atoms with E-state index in [4.69, 9.17) is 9.47 Å². The molecule has 0 unspecified atom stereocenters. The molecular weight excluding hydrogens is 188 g/mol. The summed E-state index contributed by atoms with van der Waals surface area (Å²) in [5.41, 5.74) is 0. The van der Waals surface area contributed by atoms with Gasteiger partial charge in [-0.15, -0.1) is 0 Å². The molecule has 0 saturated carbocycles. The molecule has 0 spiro atoms. The van der Waals surface area contributed by atoms with Crippen molar-refractivity contribution >= 4 is 0 Å². The lowest BCUT2D eigenvalue weighted by Gasteiger charge is -2.03. The van der Waals surface area contributed by atoms with E-state index in [0.29, 0.717) is 0 Å². The van der Waals surface area contributed by atoms with E-state index in [-0.39, 0.29) is 0 Å². The Bertz CT molecular complexity index is 92.7. The predicted octanol–water partition coefficient (Wildman–Crippen LogP) is 3.79. The van der Waals surface area contributed by atoms with Crippen LogP contribution in [0.15, 0.2) is 0 Å². The van der Waals surface area contributed by atoms with Gasteiger partial charge in [0.05, 0.1) is 0 Å². The van der Waals surface area contributed by atoms with Crippen LogP contribution in [-0.4, -0.2) is 26.4 Å². The molecule has 0 aromatic carbocycles. The Morgan fingerprint density at radius 3 is 1.20 bits per heavy atom. The van der Waals surface area contributed by atoms with Crippen LogP contribution in [0.1, 0.15) is 58.8 Å². The molecule has 0 atom stereocenters. The van der Waals surface area contributed by atoms with Gasteiger partial charge in [0, 0.05) is 26.4 Å². The molecule has 0 N–H and O–H groups in total. The number of rotatable bonds is 12. The van der Waals surface area contributed by atoms with Crippen molar-refractivity contribution in [2.45, 2.75) is 58.8 Å². The monoisotopic (exact) mass is 216 g/mol. The van der Waals surface area contributed by atoms with Gasteiger partial charge in [-0.25, -0.2) is 0 Å². The summed E-state index contributed by atoms with van der Waals surface area (Å²) in [4.78, 5) is 0. The molecule has 0 radical (unpaired) electrons. The van der Waals surface area contributed by atoms with Gasteiger partial charge in [-0.05, 0) is 26.7 Å². The molecular formula is C13H28O2. The number of hydrogen-bond acceptors (Lipinski definition) is 2. The van der Waals surface area contributed by atoms with Gasteiger partial charge in [0.25, 0.3) is 0 Å². The second-order valence-corrected chi connectivity index (χ2v) is 3.87. The largest absolute Gasteiger partial charge is 0.382 e. The lowest BCUT2D eigenvalue weighted by Crippen LogP contribution is -1.94. The Kier molecular flexibility index (Phi) is 13.8. The van der Waals surface area contributed by atoms with E-state index in [1.165, 1.54) is 44.9 Å². The number of hydrogen-bond donors (Lipinski definition) is 0. The van der Waals surface area contributed by atoms with Gasteiger partial charge in [0.1, 0.15) is 0 Å². The second-order valence-electron chi connectivity index (χ2n) is 3.87. The van der Waals surface area contributed by atoms with E-state index in [1.807, 2.05) is 0 Å². The fourth-order valence-electron chi connectivity index (χ4n) is 1.58. The van der Waals surface area contributed by atoms with E-state index < -0.39 is 0 Å². The van der Waals surface area contributed by atoms with E-state index >= 15 is 0 Å². The van der Waals surface area contributed by atoms with Gasteiger partial charge < -0.3 is 9.47 Å². The summed E-state index contributed by atoms with van der Waals surface area (Å²) in [7, 11) is 0. The first-order valence-electron chi connectivity index (χ1n) is 6.57. The van der Waals surface area contributed by atoms with Crippen LogP contribution in [0.25, 0.3) is 0 Å². The third kappa shape index (κ3) is 13.9. The van der Waals surface area contributed by atoms with Crippen molar-refractivity contribution in [3.05, 3.63) is 0 Å². The lowest BCUT2D eigenvalue weighted by atomic mass is 10.1. The average molecular weight is 216 g/mol. The summed E-state index contributed by atoms with van der Waals surface area (Å²) in [5, 5.41) is 0. The zero-order valence-corrected chi connectivity index (χ0v) is 10.6. The van der Waals surface area contributed by atoms with Crippen molar-refractivity contribution in [2.24, 2.45) is 0 Å². The highest BCUT2D eigenvalue weighted by Gasteiger charge is 1.92. The molecule has 0 saturated heterocycles. The Morgan fingerprint density at radius 2 is 0.867 bits per heavy atom. The van der Waals surface area contributed by atoms with Crippen LogP contribution in [-0.2, 0) is 9.47 Å². The topological polar surface area (TPSA) is 18.5 Å². The van der Waals surface area contributed by atoms with Crippen LogP contribution < -0.4 is 0 Å². The molecule has 2 heteroatoms. The minimum absolute atomic E-state index is 0.859. The summed E-state index contributed by atoms with van der Waals surface area (Å²) in [6.07, 6.45) is 9.21. The third-order valence-electron chi connectivity index (χ3n) is 2.49. The van der Waals surface area contributed by atoms with Gasteiger partial charge in [-0.1, -0.05) is 32.1 Å². The predicted molar refractivity (Wildman–Crippen MR) is 65.3 cm³/mol. The Labute approximate surface area is 95.3 Å². The molecule has 0 aliphatic carbocycles. The molecule has 0 aromatic rings. The smallest absolute Gasteiger partial charge is 0.0465 e. The first-order chi connectivity index (χ1) is 7.41. The van der Waals surface area contributed by atoms with Gasteiger partial charge in [0.2, 0.25) is 0 Å². The average Bonchev–Trinajstić information content (AvgIpc) is 2.26. The van der Waals surface area contributed by atoms with Crippen LogP contribution in [0.4, 0.5) is 0 Å². The molecule has 0 rings (SSSR count). The van der Waals surface area contributed by atoms with Crippen LogP contribution in [0.5, 0.6) is 0 Å². The quantitative estimate of drug-likeness (QED) is 0.462. The Morgan fingerprint density at radius 1 is 0.533 bits per heavy atom. The van der Waals surface area contributed by atoms with Crippen LogP contribution in [0.2, 0.25) is 0 Å². The van der Waals surface area contributed by atoms with Crippen LogP contribution in [0.3, 0.4) is 0 Å². The van der Waals surface area contributed by atoms with Gasteiger partial charge in [0.15, 0.2) is 0 Å². The van der Waals surface area contributed by atoms with Crippen molar-refractivity contribution in [2.75, 3.05) is 26.4 Å².